The van der Waals surface area contributed by atoms with Gasteiger partial charge in [0, 0.05) is 36.2 Å². The fourth-order valence-corrected chi connectivity index (χ4v) is 4.14. The molecule has 2 aromatic carbocycles. The first-order valence-electron chi connectivity index (χ1n) is 10.9. The summed E-state index contributed by atoms with van der Waals surface area (Å²) in [5, 5.41) is 23.8. The van der Waals surface area contributed by atoms with E-state index in [9.17, 15) is 24.2 Å². The lowest BCUT2D eigenvalue weighted by atomic mass is 10.0. The Hall–Kier alpha value is -3.14. The summed E-state index contributed by atoms with van der Waals surface area (Å²) in [7, 11) is 0. The number of hydrogen-bond donors (Lipinski definition) is 4. The Balaban J connectivity index is 1.58. The minimum atomic E-state index is -1.93. The summed E-state index contributed by atoms with van der Waals surface area (Å²) < 4.78 is 13.0. The fraction of sp³-hybridized carbons (Fsp3) is 0.333. The lowest BCUT2D eigenvalue weighted by Crippen LogP contribution is -2.50. The van der Waals surface area contributed by atoms with E-state index in [0.717, 1.165) is 12.0 Å². The van der Waals surface area contributed by atoms with Crippen molar-refractivity contribution in [2.45, 2.75) is 37.6 Å². The fourth-order valence-electron chi connectivity index (χ4n) is 3.94. The van der Waals surface area contributed by atoms with Gasteiger partial charge in [0.15, 0.2) is 19.0 Å². The molecule has 10 heteroatoms. The van der Waals surface area contributed by atoms with E-state index in [1.165, 1.54) is 22.2 Å². The number of aliphatic hydroxyl groups is 2. The van der Waals surface area contributed by atoms with Gasteiger partial charge < -0.3 is 31.1 Å². The minimum Gasteiger partial charge on any atom is -0.403 e. The molecule has 1 aliphatic heterocycles. The number of amides is 2. The summed E-state index contributed by atoms with van der Waals surface area (Å²) in [5.41, 5.74) is 7.38. The van der Waals surface area contributed by atoms with Crippen molar-refractivity contribution >= 4 is 29.1 Å². The zero-order valence-electron chi connectivity index (χ0n) is 18.5. The Morgan fingerprint density at radius 2 is 1.97 bits per heavy atom. The number of nitrogens with zero attached hydrogens (tertiary/aromatic N) is 2. The number of anilines is 1. The summed E-state index contributed by atoms with van der Waals surface area (Å²) in [5.74, 6) is -1.59. The highest BCUT2D eigenvalue weighted by molar-refractivity contribution is 6.30. The molecule has 0 saturated carbocycles. The molecule has 182 valence electrons. The van der Waals surface area contributed by atoms with Gasteiger partial charge in [0.05, 0.1) is 6.04 Å². The Morgan fingerprint density at radius 1 is 1.24 bits per heavy atom. The van der Waals surface area contributed by atoms with Crippen molar-refractivity contribution in [3.05, 3.63) is 77.1 Å². The number of carbonyl (C=O) groups excluding carboxylic acids is 2. The van der Waals surface area contributed by atoms with E-state index >= 15 is 0 Å². The summed E-state index contributed by atoms with van der Waals surface area (Å²) in [6.07, 6.45) is 0.212. The Kier molecular flexibility index (Phi) is 8.86. The highest BCUT2D eigenvalue weighted by Crippen LogP contribution is 2.33. The quantitative estimate of drug-likeness (QED) is 0.400. The van der Waals surface area contributed by atoms with Crippen LogP contribution in [0.1, 0.15) is 30.0 Å². The van der Waals surface area contributed by atoms with E-state index in [1.54, 1.807) is 42.5 Å². The van der Waals surface area contributed by atoms with Gasteiger partial charge in [-0.1, -0.05) is 35.9 Å². The molecule has 5 N–H and O–H groups in total. The van der Waals surface area contributed by atoms with Gasteiger partial charge >= 0.3 is 0 Å². The van der Waals surface area contributed by atoms with Crippen molar-refractivity contribution < 1.29 is 24.2 Å². The topological polar surface area (TPSA) is 119 Å². The summed E-state index contributed by atoms with van der Waals surface area (Å²) in [6.45, 7) is -0.297. The monoisotopic (exact) mass is 490 g/mol. The molecule has 1 aliphatic rings. The van der Waals surface area contributed by atoms with Crippen molar-refractivity contribution in [3.63, 3.8) is 0 Å². The zero-order chi connectivity index (χ0) is 24.7. The predicted octanol–water partition coefficient (Wildman–Crippen LogP) is 2.20. The Bertz CT molecular complexity index is 1020. The van der Waals surface area contributed by atoms with E-state index in [-0.39, 0.29) is 12.6 Å². The number of rotatable bonds is 9. The van der Waals surface area contributed by atoms with Gasteiger partial charge in [0.25, 0.3) is 11.8 Å². The first kappa shape index (κ1) is 25.5. The molecule has 1 saturated heterocycles. The van der Waals surface area contributed by atoms with Crippen LogP contribution in [-0.4, -0.2) is 52.5 Å². The molecular weight excluding hydrogens is 463 g/mol. The van der Waals surface area contributed by atoms with E-state index in [0.29, 0.717) is 29.2 Å². The normalized spacial score (nSPS) is 17.5. The van der Waals surface area contributed by atoms with Gasteiger partial charge in [-0.15, -0.1) is 0 Å². The zero-order valence-corrected chi connectivity index (χ0v) is 19.2. The molecule has 34 heavy (non-hydrogen) atoms. The summed E-state index contributed by atoms with van der Waals surface area (Å²) in [4.78, 5) is 28.0. The van der Waals surface area contributed by atoms with Gasteiger partial charge in [-0.25, -0.2) is 4.39 Å². The van der Waals surface area contributed by atoms with Crippen LogP contribution in [0.5, 0.6) is 0 Å². The molecule has 0 aromatic heterocycles. The molecule has 8 nitrogen and oxygen atoms in total. The minimum absolute atomic E-state index is 0.0499. The molecule has 1 unspecified atom stereocenters. The maximum absolute atomic E-state index is 13.0. The van der Waals surface area contributed by atoms with Crippen LogP contribution in [0.3, 0.4) is 0 Å². The molecule has 0 radical (unpaired) electrons. The summed E-state index contributed by atoms with van der Waals surface area (Å²) in [6, 6.07) is 13.5. The van der Waals surface area contributed by atoms with E-state index < -0.39 is 30.8 Å². The highest BCUT2D eigenvalue weighted by Gasteiger charge is 2.38. The van der Waals surface area contributed by atoms with Crippen LogP contribution in [0, 0.1) is 0 Å². The van der Waals surface area contributed by atoms with E-state index in [2.05, 4.69) is 5.32 Å². The second-order valence-corrected chi connectivity index (χ2v) is 8.39. The van der Waals surface area contributed by atoms with Crippen molar-refractivity contribution in [3.8, 4) is 0 Å². The van der Waals surface area contributed by atoms with Crippen LogP contribution in [0.2, 0.25) is 5.02 Å². The molecule has 3 atom stereocenters. The number of carbonyl (C=O) groups is 2. The number of aliphatic hydroxyl groups excluding tert-OH is 2. The molecule has 0 bridgehead atoms. The van der Waals surface area contributed by atoms with Gasteiger partial charge in [-0.05, 0) is 48.2 Å². The lowest BCUT2D eigenvalue weighted by Gasteiger charge is -2.28. The molecule has 0 aliphatic carbocycles. The number of halogens is 2. The van der Waals surface area contributed by atoms with Crippen LogP contribution in [-0.2, 0) is 16.1 Å². The van der Waals surface area contributed by atoms with E-state index in [1.807, 2.05) is 6.07 Å². The van der Waals surface area contributed by atoms with Crippen LogP contribution < -0.4 is 16.0 Å². The Morgan fingerprint density at radius 3 is 2.62 bits per heavy atom. The molecule has 0 spiro atoms. The van der Waals surface area contributed by atoms with Crippen LogP contribution in [0.25, 0.3) is 0 Å². The number of alkyl halides is 1. The van der Waals surface area contributed by atoms with Crippen LogP contribution in [0.15, 0.2) is 60.9 Å². The van der Waals surface area contributed by atoms with Gasteiger partial charge in [-0.3, -0.25) is 9.59 Å². The lowest BCUT2D eigenvalue weighted by molar-refractivity contribution is -0.153. The van der Waals surface area contributed by atoms with Crippen LogP contribution >= 0.6 is 11.6 Å². The molecule has 3 rings (SSSR count). The molecule has 1 fully saturated rings. The van der Waals surface area contributed by atoms with E-state index in [4.69, 9.17) is 17.3 Å². The first-order chi connectivity index (χ1) is 16.3. The smallest absolute Gasteiger partial charge is 0.255 e. The van der Waals surface area contributed by atoms with Gasteiger partial charge in [-0.2, -0.15) is 0 Å². The average Bonchev–Trinajstić information content (AvgIpc) is 3.35. The third-order valence-electron chi connectivity index (χ3n) is 5.72. The number of benzene rings is 2. The predicted molar refractivity (Wildman–Crippen MR) is 127 cm³/mol. The average molecular weight is 491 g/mol. The number of likely N-dealkylation sites (tertiary alicyclic amines) is 1. The molecule has 1 heterocycles. The van der Waals surface area contributed by atoms with Crippen LogP contribution in [0.4, 0.5) is 10.1 Å². The Labute approximate surface area is 202 Å². The third kappa shape index (κ3) is 6.05. The largest absolute Gasteiger partial charge is 0.403 e. The van der Waals surface area contributed by atoms with Gasteiger partial charge in [0.1, 0.15) is 0 Å². The van der Waals surface area contributed by atoms with Crippen molar-refractivity contribution in [2.75, 3.05) is 18.2 Å². The number of nitrogens with one attached hydrogen (secondary N) is 1. The van der Waals surface area contributed by atoms with Crippen molar-refractivity contribution in [1.82, 2.24) is 10.2 Å². The second-order valence-electron chi connectivity index (χ2n) is 7.95. The number of nitrogens with two attached hydrogens (primary N) is 1. The first-order valence-corrected chi connectivity index (χ1v) is 11.2. The standard InChI is InChI=1S/C24H28ClFN4O4/c25-18-4-1-3-17(13-18)20-5-2-11-30(20)24(34)22(32)21(31)23(33)28-14-16-6-8-19(9-7-16)29(15-26)12-10-27/h1,3-4,6-10,12-13,20-22,31-32H,2,5,11,14-15,27H2,(H,28,33)/b12-10-/t20?,21-,22-/m1/s1. The molecule has 2 aromatic rings. The highest BCUT2D eigenvalue weighted by atomic mass is 35.5. The van der Waals surface area contributed by atoms with Gasteiger partial charge in [0.2, 0.25) is 0 Å². The number of hydrogen-bond acceptors (Lipinski definition) is 6. The SMILES string of the molecule is N/C=C\N(CF)c1ccc(CNC(=O)[C@H](O)[C@@H](O)C(=O)N2CCCC2c2cccc(Cl)c2)cc1. The second kappa shape index (κ2) is 11.8. The molecular formula is C24H28ClFN4O4. The maximum atomic E-state index is 13.0. The summed E-state index contributed by atoms with van der Waals surface area (Å²) >= 11 is 6.06. The third-order valence-corrected chi connectivity index (χ3v) is 5.95. The maximum Gasteiger partial charge on any atom is 0.255 e. The van der Waals surface area contributed by atoms with Crippen molar-refractivity contribution in [2.24, 2.45) is 5.73 Å². The molecule has 2 amide bonds. The van der Waals surface area contributed by atoms with Crippen molar-refractivity contribution in [1.29, 1.82) is 0 Å².